The molecule has 0 saturated heterocycles. The molecule has 0 spiro atoms. The number of nitrogens with one attached hydrogen (secondary N) is 2. The maximum atomic E-state index is 11.6. The molecule has 1 aromatic carbocycles. The van der Waals surface area contributed by atoms with Crippen LogP contribution in [0.5, 0.6) is 0 Å². The van der Waals surface area contributed by atoms with Crippen LogP contribution < -0.4 is 10.6 Å². The molecule has 0 bridgehead atoms. The molecule has 25 heavy (non-hydrogen) atoms. The van der Waals surface area contributed by atoms with Crippen molar-refractivity contribution in [1.29, 1.82) is 0 Å². The van der Waals surface area contributed by atoms with Crippen molar-refractivity contribution < 1.29 is 4.79 Å². The first-order chi connectivity index (χ1) is 12.1. The number of rotatable bonds is 2. The fraction of sp³-hybridized carbons (Fsp3) is 0.368. The van der Waals surface area contributed by atoms with E-state index in [2.05, 4.69) is 35.8 Å². The highest BCUT2D eigenvalue weighted by molar-refractivity contribution is 7.23. The summed E-state index contributed by atoms with van der Waals surface area (Å²) < 4.78 is 1.20. The van der Waals surface area contributed by atoms with Gasteiger partial charge in [-0.3, -0.25) is 4.79 Å². The Morgan fingerprint density at radius 2 is 2.08 bits per heavy atom. The molecule has 1 aliphatic heterocycles. The maximum absolute atomic E-state index is 11.6. The maximum Gasteiger partial charge on any atom is 0.221 e. The molecule has 4 nitrogen and oxygen atoms in total. The van der Waals surface area contributed by atoms with E-state index in [1.807, 2.05) is 13.8 Å². The number of aryl methyl sites for hydroxylation is 1. The van der Waals surface area contributed by atoms with Crippen LogP contribution in [0.4, 0.5) is 5.00 Å². The minimum atomic E-state index is -0.0326. The Hall–Kier alpha value is -1.76. The molecule has 1 amide bonds. The monoisotopic (exact) mass is 373 g/mol. The van der Waals surface area contributed by atoms with Crippen LogP contribution in [0.2, 0.25) is 0 Å². The van der Waals surface area contributed by atoms with Crippen LogP contribution in [0.15, 0.2) is 18.2 Å². The lowest BCUT2D eigenvalue weighted by Gasteiger charge is -2.13. The van der Waals surface area contributed by atoms with Crippen molar-refractivity contribution in [3.8, 4) is 10.6 Å². The van der Waals surface area contributed by atoms with Crippen LogP contribution in [0.25, 0.3) is 20.8 Å². The number of amides is 1. The second kappa shape index (κ2) is 7.64. The number of fused-ring (bicyclic) bond motifs is 2. The number of anilines is 1. The van der Waals surface area contributed by atoms with Crippen molar-refractivity contribution in [2.75, 3.05) is 11.9 Å². The predicted octanol–water partition coefficient (Wildman–Crippen LogP) is 4.96. The third kappa shape index (κ3) is 3.61. The summed E-state index contributed by atoms with van der Waals surface area (Å²) in [5.74, 6) is -0.0326. The summed E-state index contributed by atoms with van der Waals surface area (Å²) >= 11 is 3.38. The molecule has 3 aromatic rings. The van der Waals surface area contributed by atoms with E-state index in [-0.39, 0.29) is 5.91 Å². The molecular formula is C19H23N3OS2. The smallest absolute Gasteiger partial charge is 0.221 e. The molecule has 0 unspecified atom stereocenters. The lowest BCUT2D eigenvalue weighted by atomic mass is 10.0. The Morgan fingerprint density at radius 3 is 2.84 bits per heavy atom. The molecule has 2 N–H and O–H groups in total. The van der Waals surface area contributed by atoms with E-state index in [0.29, 0.717) is 0 Å². The number of carbonyl (C=O) groups is 1. The van der Waals surface area contributed by atoms with Crippen LogP contribution in [0.1, 0.15) is 36.8 Å². The van der Waals surface area contributed by atoms with Crippen LogP contribution in [-0.2, 0) is 17.8 Å². The van der Waals surface area contributed by atoms with Gasteiger partial charge in [-0.15, -0.1) is 22.7 Å². The van der Waals surface area contributed by atoms with Gasteiger partial charge in [0.25, 0.3) is 0 Å². The average Bonchev–Trinajstić information content (AvgIpc) is 3.15. The van der Waals surface area contributed by atoms with Crippen LogP contribution in [-0.4, -0.2) is 17.4 Å². The van der Waals surface area contributed by atoms with E-state index in [4.69, 9.17) is 4.98 Å². The fourth-order valence-corrected chi connectivity index (χ4v) is 5.42. The van der Waals surface area contributed by atoms with Gasteiger partial charge in [-0.25, -0.2) is 4.98 Å². The number of aromatic nitrogens is 1. The summed E-state index contributed by atoms with van der Waals surface area (Å²) in [4.78, 5) is 17.7. The average molecular weight is 374 g/mol. The Kier molecular flexibility index (Phi) is 5.51. The van der Waals surface area contributed by atoms with Gasteiger partial charge in [0.15, 0.2) is 0 Å². The third-order valence-electron chi connectivity index (χ3n) is 3.98. The predicted molar refractivity (Wildman–Crippen MR) is 109 cm³/mol. The Balaban J connectivity index is 0.000000880. The molecule has 1 aliphatic rings. The van der Waals surface area contributed by atoms with Gasteiger partial charge in [-0.05, 0) is 43.1 Å². The number of hydrogen-bond donors (Lipinski definition) is 2. The Bertz CT molecular complexity index is 911. The summed E-state index contributed by atoms with van der Waals surface area (Å²) in [6, 6.07) is 6.34. The molecule has 0 radical (unpaired) electrons. The van der Waals surface area contributed by atoms with Gasteiger partial charge >= 0.3 is 0 Å². The Labute approximate surface area is 156 Å². The van der Waals surface area contributed by atoms with Gasteiger partial charge in [0, 0.05) is 23.9 Å². The molecule has 4 rings (SSSR count). The molecule has 2 aromatic heterocycles. The topological polar surface area (TPSA) is 54.0 Å². The van der Waals surface area contributed by atoms with Gasteiger partial charge in [0.1, 0.15) is 10.0 Å². The second-order valence-electron chi connectivity index (χ2n) is 5.81. The minimum Gasteiger partial charge on any atom is -0.317 e. The number of thiazole rings is 1. The lowest BCUT2D eigenvalue weighted by molar-refractivity contribution is -0.114. The third-order valence-corrected chi connectivity index (χ3v) is 6.16. The summed E-state index contributed by atoms with van der Waals surface area (Å²) in [5, 5.41) is 8.34. The molecule has 0 fully saturated rings. The van der Waals surface area contributed by atoms with Crippen molar-refractivity contribution in [1.82, 2.24) is 10.3 Å². The van der Waals surface area contributed by atoms with Gasteiger partial charge in [-0.2, -0.15) is 0 Å². The van der Waals surface area contributed by atoms with E-state index in [1.54, 1.807) is 29.6 Å². The van der Waals surface area contributed by atoms with Gasteiger partial charge in [0.05, 0.1) is 10.2 Å². The highest BCUT2D eigenvalue weighted by Gasteiger charge is 2.24. The summed E-state index contributed by atoms with van der Waals surface area (Å²) in [6.45, 7) is 9.50. The standard InChI is InChI=1S/C17H17N3OS2.C2H6/c1-9-3-4-12-13(7-9)22-17(20-12)15-11-5-6-18-8-14(11)23-16(15)19-10(2)21;1-2/h3-4,7,18H,5-6,8H2,1-2H3,(H,19,21);1-2H3. The minimum absolute atomic E-state index is 0.0326. The molecule has 0 saturated carbocycles. The van der Waals surface area contributed by atoms with Crippen molar-refractivity contribution in [3.63, 3.8) is 0 Å². The van der Waals surface area contributed by atoms with Crippen LogP contribution in [0, 0.1) is 6.92 Å². The van der Waals surface area contributed by atoms with E-state index >= 15 is 0 Å². The van der Waals surface area contributed by atoms with Crippen molar-refractivity contribution in [2.24, 2.45) is 0 Å². The first-order valence-electron chi connectivity index (χ1n) is 8.62. The number of benzene rings is 1. The normalized spacial score (nSPS) is 13.1. The van der Waals surface area contributed by atoms with Gasteiger partial charge in [-0.1, -0.05) is 19.9 Å². The number of nitrogens with zero attached hydrogens (tertiary/aromatic N) is 1. The zero-order valence-electron chi connectivity index (χ0n) is 15.0. The van der Waals surface area contributed by atoms with Crippen molar-refractivity contribution in [3.05, 3.63) is 34.2 Å². The number of hydrogen-bond acceptors (Lipinski definition) is 5. The first kappa shape index (κ1) is 18.0. The van der Waals surface area contributed by atoms with Gasteiger partial charge < -0.3 is 10.6 Å². The van der Waals surface area contributed by atoms with Crippen molar-refractivity contribution in [2.45, 2.75) is 40.7 Å². The zero-order chi connectivity index (χ0) is 18.0. The van der Waals surface area contributed by atoms with E-state index in [0.717, 1.165) is 40.6 Å². The molecule has 132 valence electrons. The van der Waals surface area contributed by atoms with E-state index in [1.165, 1.54) is 20.7 Å². The largest absolute Gasteiger partial charge is 0.317 e. The molecule has 0 aliphatic carbocycles. The molecular weight excluding hydrogens is 350 g/mol. The zero-order valence-corrected chi connectivity index (χ0v) is 16.7. The van der Waals surface area contributed by atoms with Crippen LogP contribution in [0.3, 0.4) is 0 Å². The molecule has 3 heterocycles. The highest BCUT2D eigenvalue weighted by Crippen LogP contribution is 2.44. The lowest BCUT2D eigenvalue weighted by Crippen LogP contribution is -2.22. The first-order valence-corrected chi connectivity index (χ1v) is 10.3. The molecule has 0 atom stereocenters. The molecule has 6 heteroatoms. The van der Waals surface area contributed by atoms with E-state index in [9.17, 15) is 4.79 Å². The van der Waals surface area contributed by atoms with Gasteiger partial charge in [0.2, 0.25) is 5.91 Å². The SMILES string of the molecule is CC.CC(=O)Nc1sc2c(c1-c1nc3ccc(C)cc3s1)CCNC2. The quantitative estimate of drug-likeness (QED) is 0.667. The van der Waals surface area contributed by atoms with E-state index < -0.39 is 0 Å². The number of thiophene rings is 1. The van der Waals surface area contributed by atoms with Crippen LogP contribution >= 0.6 is 22.7 Å². The number of carbonyl (C=O) groups excluding carboxylic acids is 1. The highest BCUT2D eigenvalue weighted by atomic mass is 32.1. The summed E-state index contributed by atoms with van der Waals surface area (Å²) in [5.41, 5.74) is 4.73. The second-order valence-corrected chi connectivity index (χ2v) is 7.94. The fourth-order valence-electron chi connectivity index (χ4n) is 2.95. The van der Waals surface area contributed by atoms with Crippen molar-refractivity contribution >= 4 is 43.8 Å². The summed E-state index contributed by atoms with van der Waals surface area (Å²) in [6.07, 6.45) is 0.982. The Morgan fingerprint density at radius 1 is 1.28 bits per heavy atom. The summed E-state index contributed by atoms with van der Waals surface area (Å²) in [7, 11) is 0.